The first-order valence-electron chi connectivity index (χ1n) is 5.66. The first-order valence-corrected chi connectivity index (χ1v) is 6.04. The van der Waals surface area contributed by atoms with E-state index in [9.17, 15) is 0 Å². The van der Waals surface area contributed by atoms with Crippen LogP contribution >= 0.6 is 11.6 Å². The fourth-order valence-corrected chi connectivity index (χ4v) is 1.73. The fourth-order valence-electron chi connectivity index (χ4n) is 1.55. The van der Waals surface area contributed by atoms with Crippen molar-refractivity contribution in [3.63, 3.8) is 0 Å². The molecule has 0 unspecified atom stereocenters. The minimum absolute atomic E-state index is 0.0201. The number of aromatic nitrogens is 3. The van der Waals surface area contributed by atoms with Gasteiger partial charge in [-0.3, -0.25) is 0 Å². The predicted molar refractivity (Wildman–Crippen MR) is 70.6 cm³/mol. The molecule has 0 amide bonds. The summed E-state index contributed by atoms with van der Waals surface area (Å²) < 4.78 is 1.56. The van der Waals surface area contributed by atoms with E-state index < -0.39 is 0 Å². The molecule has 19 heavy (non-hydrogen) atoms. The molecular weight excluding hydrogens is 266 g/mol. The highest BCUT2D eigenvalue weighted by Crippen LogP contribution is 2.23. The number of benzene rings is 1. The Morgan fingerprint density at radius 3 is 3.05 bits per heavy atom. The number of hydrogen-bond donors (Lipinski definition) is 2. The van der Waals surface area contributed by atoms with E-state index in [2.05, 4.69) is 21.7 Å². The van der Waals surface area contributed by atoms with E-state index in [1.165, 1.54) is 0 Å². The van der Waals surface area contributed by atoms with Crippen LogP contribution in [0.15, 0.2) is 24.4 Å². The van der Waals surface area contributed by atoms with Crippen molar-refractivity contribution in [1.82, 2.24) is 15.0 Å². The number of hydrogen-bond acceptors (Lipinski definition) is 5. The summed E-state index contributed by atoms with van der Waals surface area (Å²) in [5.74, 6) is 0. The summed E-state index contributed by atoms with van der Waals surface area (Å²) in [6, 6.07) is 7.07. The second kappa shape index (κ2) is 6.18. The van der Waals surface area contributed by atoms with Crippen LogP contribution < -0.4 is 5.32 Å². The summed E-state index contributed by atoms with van der Waals surface area (Å²) in [6.07, 6.45) is 1.74. The van der Waals surface area contributed by atoms with Crippen molar-refractivity contribution in [2.24, 2.45) is 0 Å². The molecule has 0 fully saturated rings. The minimum atomic E-state index is 0.0201. The predicted octanol–water partition coefficient (Wildman–Crippen LogP) is 1.41. The Bertz CT molecular complexity index is 604. The van der Waals surface area contributed by atoms with Crippen molar-refractivity contribution >= 4 is 17.3 Å². The molecule has 0 atom stereocenters. The van der Waals surface area contributed by atoms with Crippen molar-refractivity contribution in [3.8, 4) is 6.07 Å². The smallest absolute Gasteiger partial charge is 0.102 e. The SMILES string of the molecule is N#Cc1ccc(Cl)c(NCc2cn(CCO)nn2)c1. The summed E-state index contributed by atoms with van der Waals surface area (Å²) in [6.45, 7) is 0.879. The Balaban J connectivity index is 2.03. The number of anilines is 1. The van der Waals surface area contributed by atoms with Gasteiger partial charge in [0.15, 0.2) is 0 Å². The lowest BCUT2D eigenvalue weighted by atomic mass is 10.2. The van der Waals surface area contributed by atoms with E-state index in [1.54, 1.807) is 29.1 Å². The Morgan fingerprint density at radius 1 is 1.47 bits per heavy atom. The van der Waals surface area contributed by atoms with Crippen LogP contribution in [0.1, 0.15) is 11.3 Å². The van der Waals surface area contributed by atoms with Gasteiger partial charge in [0, 0.05) is 0 Å². The zero-order valence-electron chi connectivity index (χ0n) is 10.0. The molecule has 0 spiro atoms. The van der Waals surface area contributed by atoms with Gasteiger partial charge in [-0.15, -0.1) is 5.10 Å². The van der Waals surface area contributed by atoms with Gasteiger partial charge >= 0.3 is 0 Å². The lowest BCUT2D eigenvalue weighted by Crippen LogP contribution is -2.02. The van der Waals surface area contributed by atoms with Gasteiger partial charge in [-0.2, -0.15) is 5.26 Å². The van der Waals surface area contributed by atoms with Crippen LogP contribution in [0.4, 0.5) is 5.69 Å². The second-order valence-electron chi connectivity index (χ2n) is 3.86. The summed E-state index contributed by atoms with van der Waals surface area (Å²) in [5.41, 5.74) is 1.94. The standard InChI is InChI=1S/C12H12ClN5O/c13-11-2-1-9(6-14)5-12(11)15-7-10-8-18(3-4-19)17-16-10/h1-2,5,8,15,19H,3-4,7H2. The van der Waals surface area contributed by atoms with Crippen LogP contribution in [0.2, 0.25) is 5.02 Å². The van der Waals surface area contributed by atoms with Crippen LogP contribution in [0, 0.1) is 11.3 Å². The monoisotopic (exact) mass is 277 g/mol. The summed E-state index contributed by atoms with van der Waals surface area (Å²) in [7, 11) is 0. The minimum Gasteiger partial charge on any atom is -0.394 e. The average Bonchev–Trinajstić information content (AvgIpc) is 2.86. The Morgan fingerprint density at radius 2 is 2.32 bits per heavy atom. The molecule has 0 aliphatic carbocycles. The van der Waals surface area contributed by atoms with Crippen LogP contribution in [-0.2, 0) is 13.1 Å². The number of aliphatic hydroxyl groups excluding tert-OH is 1. The van der Waals surface area contributed by atoms with Crippen molar-refractivity contribution in [2.45, 2.75) is 13.1 Å². The van der Waals surface area contributed by atoms with Crippen molar-refractivity contribution in [2.75, 3.05) is 11.9 Å². The molecule has 7 heteroatoms. The first-order chi connectivity index (χ1) is 9.22. The van der Waals surface area contributed by atoms with Gasteiger partial charge in [0.25, 0.3) is 0 Å². The molecule has 1 aromatic carbocycles. The maximum Gasteiger partial charge on any atom is 0.102 e. The molecule has 0 saturated heterocycles. The van der Waals surface area contributed by atoms with Gasteiger partial charge < -0.3 is 10.4 Å². The largest absolute Gasteiger partial charge is 0.394 e. The number of nitriles is 1. The van der Waals surface area contributed by atoms with E-state index in [-0.39, 0.29) is 6.61 Å². The third-order valence-electron chi connectivity index (χ3n) is 2.47. The topological polar surface area (TPSA) is 86.8 Å². The fraction of sp³-hybridized carbons (Fsp3) is 0.250. The first kappa shape index (κ1) is 13.3. The van der Waals surface area contributed by atoms with E-state index >= 15 is 0 Å². The molecule has 0 aliphatic rings. The molecule has 2 rings (SSSR count). The average molecular weight is 278 g/mol. The van der Waals surface area contributed by atoms with Gasteiger partial charge in [0.05, 0.1) is 48.2 Å². The summed E-state index contributed by atoms with van der Waals surface area (Å²) >= 11 is 6.03. The number of aliphatic hydroxyl groups is 1. The number of halogens is 1. The Kier molecular flexibility index (Phi) is 4.34. The van der Waals surface area contributed by atoms with Gasteiger partial charge in [0.2, 0.25) is 0 Å². The van der Waals surface area contributed by atoms with Crippen molar-refractivity contribution < 1.29 is 5.11 Å². The van der Waals surface area contributed by atoms with E-state index in [1.807, 2.05) is 0 Å². The van der Waals surface area contributed by atoms with Crippen molar-refractivity contribution in [3.05, 3.63) is 40.7 Å². The zero-order valence-corrected chi connectivity index (χ0v) is 10.8. The molecule has 1 heterocycles. The molecule has 2 aromatic rings. The number of nitrogens with zero attached hydrogens (tertiary/aromatic N) is 4. The molecule has 0 aliphatic heterocycles. The molecule has 0 radical (unpaired) electrons. The summed E-state index contributed by atoms with van der Waals surface area (Å²) in [4.78, 5) is 0. The maximum atomic E-state index is 8.83. The third-order valence-corrected chi connectivity index (χ3v) is 2.80. The van der Waals surface area contributed by atoms with E-state index in [4.69, 9.17) is 22.0 Å². The highest BCUT2D eigenvalue weighted by Gasteiger charge is 2.04. The van der Waals surface area contributed by atoms with E-state index in [0.717, 1.165) is 5.69 Å². The Hall–Kier alpha value is -2.10. The highest BCUT2D eigenvalue weighted by atomic mass is 35.5. The number of nitrogens with one attached hydrogen (secondary N) is 1. The molecule has 1 aromatic heterocycles. The van der Waals surface area contributed by atoms with Gasteiger partial charge in [-0.1, -0.05) is 16.8 Å². The van der Waals surface area contributed by atoms with Crippen LogP contribution in [0.3, 0.4) is 0 Å². The molecule has 0 saturated carbocycles. The highest BCUT2D eigenvalue weighted by molar-refractivity contribution is 6.33. The quantitative estimate of drug-likeness (QED) is 0.863. The van der Waals surface area contributed by atoms with Crippen LogP contribution in [0.25, 0.3) is 0 Å². The molecule has 6 nitrogen and oxygen atoms in total. The van der Waals surface area contributed by atoms with Gasteiger partial charge in [-0.25, -0.2) is 4.68 Å². The molecular formula is C12H12ClN5O. The van der Waals surface area contributed by atoms with Crippen LogP contribution in [-0.4, -0.2) is 26.7 Å². The second-order valence-corrected chi connectivity index (χ2v) is 4.26. The summed E-state index contributed by atoms with van der Waals surface area (Å²) in [5, 5.41) is 29.1. The Labute approximate surface area is 115 Å². The molecule has 2 N–H and O–H groups in total. The van der Waals surface area contributed by atoms with Gasteiger partial charge in [-0.05, 0) is 18.2 Å². The number of rotatable bonds is 5. The van der Waals surface area contributed by atoms with Gasteiger partial charge in [0.1, 0.15) is 5.69 Å². The third kappa shape index (κ3) is 3.44. The van der Waals surface area contributed by atoms with E-state index in [0.29, 0.717) is 29.4 Å². The lowest BCUT2D eigenvalue weighted by Gasteiger charge is -2.06. The molecule has 98 valence electrons. The zero-order chi connectivity index (χ0) is 13.7. The van der Waals surface area contributed by atoms with Crippen molar-refractivity contribution in [1.29, 1.82) is 5.26 Å². The molecule has 0 bridgehead atoms. The maximum absolute atomic E-state index is 8.83. The van der Waals surface area contributed by atoms with Crippen LogP contribution in [0.5, 0.6) is 0 Å². The normalized spacial score (nSPS) is 10.2. The lowest BCUT2D eigenvalue weighted by molar-refractivity contribution is 0.268.